The highest BCUT2D eigenvalue weighted by atomic mass is 16.7. The Labute approximate surface area is 329 Å². The highest BCUT2D eigenvalue weighted by Gasteiger charge is 2.62. The van der Waals surface area contributed by atoms with Crippen LogP contribution in [-0.4, -0.2) is 144 Å². The number of carbonyl (C=O) groups excluding carboxylic acids is 2. The molecule has 9 aliphatic rings. The van der Waals surface area contributed by atoms with Crippen molar-refractivity contribution in [1.82, 2.24) is 0 Å². The van der Waals surface area contributed by atoms with Crippen LogP contribution in [-0.2, 0) is 47.5 Å². The summed E-state index contributed by atoms with van der Waals surface area (Å²) in [7, 11) is 1.57. The van der Waals surface area contributed by atoms with Crippen molar-refractivity contribution in [2.75, 3.05) is 20.3 Å². The van der Waals surface area contributed by atoms with Crippen LogP contribution in [0.3, 0.4) is 0 Å². The lowest BCUT2D eigenvalue weighted by atomic mass is 9.61. The quantitative estimate of drug-likeness (QED) is 0.227. The summed E-state index contributed by atoms with van der Waals surface area (Å²) in [5.41, 5.74) is 2.01. The van der Waals surface area contributed by atoms with Crippen molar-refractivity contribution in [2.24, 2.45) is 17.8 Å². The molecule has 11 bridgehead atoms. The summed E-state index contributed by atoms with van der Waals surface area (Å²) >= 11 is 0. The second kappa shape index (κ2) is 17.0. The largest absolute Gasteiger partial charge is 0.461 e. The summed E-state index contributed by atoms with van der Waals surface area (Å²) in [4.78, 5) is 25.7. The van der Waals surface area contributed by atoms with Gasteiger partial charge in [0, 0.05) is 63.4 Å². The fourth-order valence-electron chi connectivity index (χ4n) is 11.2. The number of rotatable bonds is 6. The Morgan fingerprint density at radius 1 is 0.839 bits per heavy atom. The number of methoxy groups -OCH3 is 1. The van der Waals surface area contributed by atoms with Gasteiger partial charge in [0.2, 0.25) is 0 Å². The second-order valence-corrected chi connectivity index (χ2v) is 18.0. The minimum atomic E-state index is -1.57. The molecule has 4 N–H and O–H groups in total. The molecule has 314 valence electrons. The lowest BCUT2D eigenvalue weighted by Crippen LogP contribution is -2.70. The maximum absolute atomic E-state index is 14.1. The molecule has 9 fully saturated rings. The van der Waals surface area contributed by atoms with E-state index in [4.69, 9.17) is 43.0 Å². The third kappa shape index (κ3) is 8.58. The number of hydrogen-bond donors (Lipinski definition) is 4. The number of carbonyl (C=O) groups is 2. The Morgan fingerprint density at radius 3 is 2.43 bits per heavy atom. The summed E-state index contributed by atoms with van der Waals surface area (Å²) in [6.07, 6.45) is 2.08. The monoisotopic (exact) mass is 790 g/mol. The molecule has 18 atom stereocenters. The van der Waals surface area contributed by atoms with Gasteiger partial charge in [-0.05, 0) is 68.9 Å². The minimum Gasteiger partial charge on any atom is -0.461 e. The van der Waals surface area contributed by atoms with Crippen molar-refractivity contribution < 1.29 is 67.9 Å². The number of fused-ring (bicyclic) bond motifs is 7. The van der Waals surface area contributed by atoms with Crippen molar-refractivity contribution in [1.29, 1.82) is 0 Å². The van der Waals surface area contributed by atoms with Gasteiger partial charge in [-0.3, -0.25) is 4.79 Å². The smallest absolute Gasteiger partial charge is 0.331 e. The highest BCUT2D eigenvalue weighted by molar-refractivity contribution is 5.79. The van der Waals surface area contributed by atoms with Gasteiger partial charge in [0.05, 0.1) is 79.4 Å². The van der Waals surface area contributed by atoms with Crippen LogP contribution in [0.2, 0.25) is 0 Å². The summed E-state index contributed by atoms with van der Waals surface area (Å²) in [5, 5.41) is 43.2. The molecule has 1 saturated carbocycles. The summed E-state index contributed by atoms with van der Waals surface area (Å²) < 4.78 is 50.8. The molecule has 14 nitrogen and oxygen atoms in total. The molecule has 2 unspecified atom stereocenters. The second-order valence-electron chi connectivity index (χ2n) is 18.0. The predicted octanol–water partition coefficient (Wildman–Crippen LogP) is 2.59. The standard InChI is InChI=1S/C42H62O14/c1-21-4-5-25-6-8-32-22(2)12-27(52-32)10-11-42(48)18-31(46)28-16-30-38(28)55-33-9-7-26(53-41(33)40(30)56-42)13-23(44)14-29-35(17-34(21)51-25)54-36(39(29)49-3)15-24(45)20-50-37(47)19-43/h24-36,38-41,43,45-46,48H,1-2,4-20H2,3H3/t24-,25+,26+,27-,28-,29-,30?,31+,32-,33-,34+,35-,36+,38?,39+,40+,41-,42-/m0/s1. The van der Waals surface area contributed by atoms with E-state index in [1.165, 1.54) is 0 Å². The number of ether oxygens (including phenoxy) is 8. The fraction of sp³-hybridized carbons (Fsp3) is 0.857. The van der Waals surface area contributed by atoms with Crippen LogP contribution >= 0.6 is 0 Å². The van der Waals surface area contributed by atoms with Gasteiger partial charge in [0.15, 0.2) is 5.79 Å². The van der Waals surface area contributed by atoms with Crippen LogP contribution in [0.1, 0.15) is 96.3 Å². The topological polar surface area (TPSA) is 189 Å². The zero-order valence-electron chi connectivity index (χ0n) is 32.6. The lowest BCUT2D eigenvalue weighted by molar-refractivity contribution is -0.369. The average Bonchev–Trinajstić information content (AvgIpc) is 3.67. The van der Waals surface area contributed by atoms with Gasteiger partial charge < -0.3 is 58.3 Å². The number of aliphatic hydroxyl groups excluding tert-OH is 3. The van der Waals surface area contributed by atoms with E-state index in [9.17, 15) is 24.9 Å². The molecule has 14 heteroatoms. The first-order valence-electron chi connectivity index (χ1n) is 21.1. The van der Waals surface area contributed by atoms with Gasteiger partial charge in [-0.2, -0.15) is 0 Å². The van der Waals surface area contributed by atoms with Crippen molar-refractivity contribution in [2.45, 2.75) is 188 Å². The Morgan fingerprint density at radius 2 is 1.62 bits per heavy atom. The van der Waals surface area contributed by atoms with E-state index in [1.807, 2.05) is 0 Å². The number of hydrogen-bond acceptors (Lipinski definition) is 14. The molecule has 0 aromatic rings. The van der Waals surface area contributed by atoms with Gasteiger partial charge >= 0.3 is 5.97 Å². The lowest BCUT2D eigenvalue weighted by Gasteiger charge is -2.61. The SMILES string of the molecule is C=C1C[C@@H]2CC[C@@]3(O)C[C@@H](O)[C@@H]4CC5C4O[C@H]4CC[C@H](CC(=O)C[C@@H]6[C@@H](OC)[C@@H](C[C@H](O)COC(=O)CO)O[C@H]6C[C@H]6O[C@H](CCC6=C)CC[C@@H]1O2)O[C@@H]4[C@@H]5O3. The van der Waals surface area contributed by atoms with E-state index in [2.05, 4.69) is 13.2 Å². The van der Waals surface area contributed by atoms with Crippen LogP contribution in [0.25, 0.3) is 0 Å². The number of aliphatic hydroxyl groups is 4. The molecule has 9 rings (SSSR count). The van der Waals surface area contributed by atoms with Crippen LogP contribution in [0.5, 0.6) is 0 Å². The van der Waals surface area contributed by atoms with Gasteiger partial charge in [0.25, 0.3) is 0 Å². The van der Waals surface area contributed by atoms with E-state index in [1.54, 1.807) is 7.11 Å². The van der Waals surface area contributed by atoms with E-state index in [0.29, 0.717) is 38.5 Å². The zero-order valence-corrected chi connectivity index (χ0v) is 32.6. The third-order valence-corrected chi connectivity index (χ3v) is 14.2. The molecular weight excluding hydrogens is 728 g/mol. The van der Waals surface area contributed by atoms with Crippen LogP contribution in [0, 0.1) is 17.8 Å². The van der Waals surface area contributed by atoms with E-state index >= 15 is 0 Å². The Bertz CT molecular complexity index is 1460. The normalized spacial score (nSPS) is 47.5. The Balaban J connectivity index is 1.04. The summed E-state index contributed by atoms with van der Waals surface area (Å²) in [6, 6.07) is 0. The summed E-state index contributed by atoms with van der Waals surface area (Å²) in [5.74, 6) is -2.85. The van der Waals surface area contributed by atoms with E-state index in [-0.39, 0.29) is 98.6 Å². The van der Waals surface area contributed by atoms with E-state index in [0.717, 1.165) is 43.3 Å². The molecular formula is C42H62O14. The van der Waals surface area contributed by atoms with Gasteiger partial charge in [-0.25, -0.2) is 4.79 Å². The van der Waals surface area contributed by atoms with Crippen molar-refractivity contribution >= 4 is 11.8 Å². The van der Waals surface area contributed by atoms with Gasteiger partial charge in [-0.1, -0.05) is 13.2 Å². The van der Waals surface area contributed by atoms with Crippen LogP contribution in [0.4, 0.5) is 0 Å². The molecule has 8 aliphatic heterocycles. The van der Waals surface area contributed by atoms with Gasteiger partial charge in [0.1, 0.15) is 25.1 Å². The molecule has 56 heavy (non-hydrogen) atoms. The minimum absolute atomic E-state index is 0.00260. The van der Waals surface area contributed by atoms with Crippen molar-refractivity contribution in [3.8, 4) is 0 Å². The van der Waals surface area contributed by atoms with Crippen LogP contribution in [0.15, 0.2) is 24.3 Å². The highest BCUT2D eigenvalue weighted by Crippen LogP contribution is 2.54. The van der Waals surface area contributed by atoms with Crippen molar-refractivity contribution in [3.63, 3.8) is 0 Å². The number of Topliss-reactive ketones (excluding diaryl/α,β-unsaturated/α-hetero) is 1. The van der Waals surface area contributed by atoms with Gasteiger partial charge in [-0.15, -0.1) is 0 Å². The first-order chi connectivity index (χ1) is 26.9. The molecule has 0 amide bonds. The average molecular weight is 791 g/mol. The maximum Gasteiger partial charge on any atom is 0.331 e. The molecule has 0 spiro atoms. The molecule has 0 radical (unpaired) electrons. The van der Waals surface area contributed by atoms with Crippen LogP contribution < -0.4 is 0 Å². The summed E-state index contributed by atoms with van der Waals surface area (Å²) in [6.45, 7) is 7.62. The number of esters is 1. The predicted molar refractivity (Wildman–Crippen MR) is 197 cm³/mol. The Hall–Kier alpha value is -1.82. The first kappa shape index (κ1) is 40.9. The molecule has 0 aromatic heterocycles. The first-order valence-corrected chi connectivity index (χ1v) is 21.1. The molecule has 8 heterocycles. The maximum atomic E-state index is 14.1. The third-order valence-electron chi connectivity index (χ3n) is 14.2. The zero-order chi connectivity index (χ0) is 39.3. The molecule has 0 aromatic carbocycles. The molecule has 8 saturated heterocycles. The number of ketones is 1. The van der Waals surface area contributed by atoms with Crippen molar-refractivity contribution in [3.05, 3.63) is 24.3 Å². The van der Waals surface area contributed by atoms with E-state index < -0.39 is 61.1 Å². The Kier molecular flexibility index (Phi) is 12.5. The molecule has 1 aliphatic carbocycles. The fourth-order valence-corrected chi connectivity index (χ4v) is 11.2.